The summed E-state index contributed by atoms with van der Waals surface area (Å²) < 4.78 is 32.0. The van der Waals surface area contributed by atoms with Crippen LogP contribution < -0.4 is 4.74 Å². The molecule has 1 aliphatic rings. The fraction of sp³-hybridized carbons (Fsp3) is 0.625. The molecule has 1 fully saturated rings. The van der Waals surface area contributed by atoms with Gasteiger partial charge in [-0.25, -0.2) is 8.42 Å². The van der Waals surface area contributed by atoms with Gasteiger partial charge < -0.3 is 4.74 Å². The number of sulfonamides is 1. The average molecular weight is 311 g/mol. The van der Waals surface area contributed by atoms with Gasteiger partial charge in [0.15, 0.2) is 0 Å². The van der Waals surface area contributed by atoms with Gasteiger partial charge >= 0.3 is 0 Å². The number of nitrogens with zero attached hydrogens (tertiary/aromatic N) is 1. The predicted octanol–water partition coefficient (Wildman–Crippen LogP) is 3.35. The van der Waals surface area contributed by atoms with E-state index >= 15 is 0 Å². The Kier molecular flexibility index (Phi) is 5.65. The fourth-order valence-electron chi connectivity index (χ4n) is 2.95. The summed E-state index contributed by atoms with van der Waals surface area (Å²) in [6, 6.07) is 7.76. The average Bonchev–Trinajstić information content (AvgIpc) is 2.73. The third kappa shape index (κ3) is 3.98. The molecule has 1 heterocycles. The van der Waals surface area contributed by atoms with Crippen LogP contribution in [0, 0.1) is 0 Å². The molecule has 0 aliphatic carbocycles. The summed E-state index contributed by atoms with van der Waals surface area (Å²) in [4.78, 5) is 0. The van der Waals surface area contributed by atoms with Gasteiger partial charge in [-0.05, 0) is 37.0 Å². The zero-order valence-electron chi connectivity index (χ0n) is 12.9. The van der Waals surface area contributed by atoms with E-state index in [9.17, 15) is 8.42 Å². The highest BCUT2D eigenvalue weighted by Crippen LogP contribution is 2.33. The van der Waals surface area contributed by atoms with E-state index in [4.69, 9.17) is 4.74 Å². The number of hydrogen-bond acceptors (Lipinski definition) is 3. The molecule has 2 rings (SSSR count). The Morgan fingerprint density at radius 1 is 1.19 bits per heavy atom. The van der Waals surface area contributed by atoms with E-state index < -0.39 is 10.0 Å². The maximum atomic E-state index is 12.5. The van der Waals surface area contributed by atoms with Crippen molar-refractivity contribution in [2.45, 2.75) is 45.1 Å². The lowest BCUT2D eigenvalue weighted by molar-refractivity contribution is 0.328. The van der Waals surface area contributed by atoms with Crippen molar-refractivity contribution in [1.82, 2.24) is 4.31 Å². The minimum Gasteiger partial charge on any atom is -0.497 e. The van der Waals surface area contributed by atoms with Gasteiger partial charge in [-0.15, -0.1) is 0 Å². The first-order chi connectivity index (χ1) is 10.1. The molecule has 0 saturated carbocycles. The van der Waals surface area contributed by atoms with Crippen LogP contribution in [-0.2, 0) is 10.0 Å². The standard InChI is InChI=1S/C16H25NO3S/c1-3-13-21(18,19)17-12-6-4-5-7-16(17)14-8-10-15(20-2)11-9-14/h8-11,16H,3-7,12-13H2,1-2H3. The molecule has 1 unspecified atom stereocenters. The number of ether oxygens (including phenoxy) is 1. The molecule has 1 atom stereocenters. The molecule has 1 saturated heterocycles. The summed E-state index contributed by atoms with van der Waals surface area (Å²) in [5.74, 6) is 1.04. The van der Waals surface area contributed by atoms with Crippen LogP contribution in [0.5, 0.6) is 5.75 Å². The lowest BCUT2D eigenvalue weighted by Gasteiger charge is -2.29. The van der Waals surface area contributed by atoms with E-state index in [1.807, 2.05) is 31.2 Å². The second-order valence-electron chi connectivity index (χ2n) is 5.57. The first kappa shape index (κ1) is 16.3. The van der Waals surface area contributed by atoms with Crippen molar-refractivity contribution in [2.24, 2.45) is 0 Å². The third-order valence-electron chi connectivity index (χ3n) is 4.02. The van der Waals surface area contributed by atoms with Gasteiger partial charge in [0.1, 0.15) is 5.75 Å². The van der Waals surface area contributed by atoms with Crippen LogP contribution in [-0.4, -0.2) is 32.1 Å². The zero-order valence-corrected chi connectivity index (χ0v) is 13.7. The molecule has 118 valence electrons. The second-order valence-corrected chi connectivity index (χ2v) is 7.61. The van der Waals surface area contributed by atoms with Crippen molar-refractivity contribution in [3.8, 4) is 5.75 Å². The Bertz CT molecular complexity index is 539. The number of rotatable bonds is 5. The van der Waals surface area contributed by atoms with E-state index in [2.05, 4.69) is 0 Å². The summed E-state index contributed by atoms with van der Waals surface area (Å²) in [5, 5.41) is 0. The molecular weight excluding hydrogens is 286 g/mol. The summed E-state index contributed by atoms with van der Waals surface area (Å²) in [6.07, 6.45) is 4.69. The Hall–Kier alpha value is -1.07. The molecule has 0 bridgehead atoms. The molecular formula is C16H25NO3S. The highest BCUT2D eigenvalue weighted by atomic mass is 32.2. The number of benzene rings is 1. The molecule has 1 aliphatic heterocycles. The van der Waals surface area contributed by atoms with E-state index in [1.165, 1.54) is 0 Å². The van der Waals surface area contributed by atoms with Crippen LogP contribution >= 0.6 is 0 Å². The molecule has 0 aromatic heterocycles. The van der Waals surface area contributed by atoms with Crippen LogP contribution in [0.25, 0.3) is 0 Å². The van der Waals surface area contributed by atoms with Gasteiger partial charge in [-0.1, -0.05) is 31.9 Å². The molecule has 21 heavy (non-hydrogen) atoms. The van der Waals surface area contributed by atoms with Crippen molar-refractivity contribution in [1.29, 1.82) is 0 Å². The van der Waals surface area contributed by atoms with Crippen molar-refractivity contribution in [2.75, 3.05) is 19.4 Å². The zero-order chi connectivity index (χ0) is 15.3. The minimum atomic E-state index is -3.17. The van der Waals surface area contributed by atoms with Crippen LogP contribution in [0.15, 0.2) is 24.3 Å². The third-order valence-corrected chi connectivity index (χ3v) is 6.10. The van der Waals surface area contributed by atoms with Crippen LogP contribution in [0.2, 0.25) is 0 Å². The molecule has 1 aromatic rings. The Labute approximate surface area is 128 Å². The normalized spacial score (nSPS) is 21.0. The number of methoxy groups -OCH3 is 1. The summed E-state index contributed by atoms with van der Waals surface area (Å²) in [5.41, 5.74) is 1.07. The van der Waals surface area contributed by atoms with Gasteiger partial charge in [-0.3, -0.25) is 0 Å². The molecule has 5 heteroatoms. The van der Waals surface area contributed by atoms with Crippen molar-refractivity contribution < 1.29 is 13.2 Å². The lowest BCUT2D eigenvalue weighted by Crippen LogP contribution is -2.36. The SMILES string of the molecule is CCCS(=O)(=O)N1CCCCCC1c1ccc(OC)cc1. The van der Waals surface area contributed by atoms with E-state index in [0.29, 0.717) is 13.0 Å². The van der Waals surface area contributed by atoms with Gasteiger partial charge in [-0.2, -0.15) is 4.31 Å². The Morgan fingerprint density at radius 2 is 1.90 bits per heavy atom. The van der Waals surface area contributed by atoms with E-state index in [-0.39, 0.29) is 11.8 Å². The topological polar surface area (TPSA) is 46.6 Å². The molecule has 0 spiro atoms. The maximum Gasteiger partial charge on any atom is 0.214 e. The quantitative estimate of drug-likeness (QED) is 0.838. The van der Waals surface area contributed by atoms with E-state index in [1.54, 1.807) is 11.4 Å². The van der Waals surface area contributed by atoms with E-state index in [0.717, 1.165) is 37.0 Å². The fourth-order valence-corrected chi connectivity index (χ4v) is 4.72. The highest BCUT2D eigenvalue weighted by molar-refractivity contribution is 7.89. The van der Waals surface area contributed by atoms with Crippen LogP contribution in [0.3, 0.4) is 0 Å². The monoisotopic (exact) mass is 311 g/mol. The van der Waals surface area contributed by atoms with Gasteiger partial charge in [0.25, 0.3) is 0 Å². The van der Waals surface area contributed by atoms with Crippen molar-refractivity contribution >= 4 is 10.0 Å². The van der Waals surface area contributed by atoms with Crippen molar-refractivity contribution in [3.05, 3.63) is 29.8 Å². The largest absolute Gasteiger partial charge is 0.497 e. The van der Waals surface area contributed by atoms with Gasteiger partial charge in [0.05, 0.1) is 12.9 Å². The Morgan fingerprint density at radius 3 is 2.52 bits per heavy atom. The summed E-state index contributed by atoms with van der Waals surface area (Å²) in [7, 11) is -1.53. The highest BCUT2D eigenvalue weighted by Gasteiger charge is 2.31. The molecule has 0 radical (unpaired) electrons. The summed E-state index contributed by atoms with van der Waals surface area (Å²) in [6.45, 7) is 2.55. The van der Waals surface area contributed by atoms with Gasteiger partial charge in [0.2, 0.25) is 10.0 Å². The minimum absolute atomic E-state index is 0.0324. The van der Waals surface area contributed by atoms with Gasteiger partial charge in [0, 0.05) is 12.6 Å². The molecule has 4 nitrogen and oxygen atoms in total. The smallest absolute Gasteiger partial charge is 0.214 e. The molecule has 0 N–H and O–H groups in total. The summed E-state index contributed by atoms with van der Waals surface area (Å²) >= 11 is 0. The number of hydrogen-bond donors (Lipinski definition) is 0. The van der Waals surface area contributed by atoms with Crippen LogP contribution in [0.4, 0.5) is 0 Å². The molecule has 0 amide bonds. The second kappa shape index (κ2) is 7.27. The predicted molar refractivity (Wildman–Crippen MR) is 85.0 cm³/mol. The maximum absolute atomic E-state index is 12.5. The van der Waals surface area contributed by atoms with Crippen LogP contribution in [0.1, 0.15) is 50.6 Å². The lowest BCUT2D eigenvalue weighted by atomic mass is 10.0. The van der Waals surface area contributed by atoms with Crippen molar-refractivity contribution in [3.63, 3.8) is 0 Å². The Balaban J connectivity index is 2.30. The first-order valence-corrected chi connectivity index (χ1v) is 9.33. The first-order valence-electron chi connectivity index (χ1n) is 7.72. The molecule has 1 aromatic carbocycles.